The number of ketones is 1. The van der Waals surface area contributed by atoms with Crippen molar-refractivity contribution in [3.63, 3.8) is 0 Å². The summed E-state index contributed by atoms with van der Waals surface area (Å²) >= 11 is 0.908. The molecule has 1 saturated heterocycles. The van der Waals surface area contributed by atoms with Gasteiger partial charge in [0.1, 0.15) is 6.61 Å². The van der Waals surface area contributed by atoms with Gasteiger partial charge in [-0.2, -0.15) is 0 Å². The van der Waals surface area contributed by atoms with Gasteiger partial charge in [0.2, 0.25) is 5.78 Å². The fraction of sp³-hybridized carbons (Fsp3) is 0.211. The average Bonchev–Trinajstić information content (AvgIpc) is 2.95. The first-order chi connectivity index (χ1) is 12.6. The average molecular weight is 372 g/mol. The monoisotopic (exact) mass is 372 g/mol. The van der Waals surface area contributed by atoms with Crippen LogP contribution < -0.4 is 0 Å². The molecular weight excluding hydrogens is 356 g/mol. The summed E-state index contributed by atoms with van der Waals surface area (Å²) in [5.74, 6) is -1.83. The van der Waals surface area contributed by atoms with Crippen molar-refractivity contribution >= 4 is 29.5 Å². The van der Waals surface area contributed by atoms with Gasteiger partial charge in [-0.1, -0.05) is 36.4 Å². The summed E-state index contributed by atoms with van der Waals surface area (Å²) in [6.45, 7) is -0.159. The number of aliphatic hydroxyl groups is 1. The lowest BCUT2D eigenvalue weighted by atomic mass is 10.1. The number of Topliss-reactive ketones (excluding diaryl/α,β-unsaturated/α-hetero) is 1. The molecule has 1 aliphatic heterocycles. The molecule has 3 unspecified atom stereocenters. The van der Waals surface area contributed by atoms with Crippen LogP contribution in [-0.2, 0) is 14.3 Å². The van der Waals surface area contributed by atoms with Gasteiger partial charge in [-0.3, -0.25) is 4.79 Å². The number of carbonyl (C=O) groups is 3. The van der Waals surface area contributed by atoms with Gasteiger partial charge in [0, 0.05) is 0 Å². The van der Waals surface area contributed by atoms with Crippen LogP contribution in [-0.4, -0.2) is 46.2 Å². The van der Waals surface area contributed by atoms with E-state index in [2.05, 4.69) is 0 Å². The third kappa shape index (κ3) is 4.12. The second-order valence-corrected chi connectivity index (χ2v) is 6.91. The third-order valence-electron chi connectivity index (χ3n) is 3.80. The van der Waals surface area contributed by atoms with E-state index in [-0.39, 0.29) is 6.61 Å². The van der Waals surface area contributed by atoms with Gasteiger partial charge >= 0.3 is 11.9 Å². The van der Waals surface area contributed by atoms with Crippen LogP contribution in [0.5, 0.6) is 0 Å². The third-order valence-corrected chi connectivity index (χ3v) is 5.02. The van der Waals surface area contributed by atoms with Crippen molar-refractivity contribution in [3.05, 3.63) is 71.8 Å². The van der Waals surface area contributed by atoms with Crippen molar-refractivity contribution in [1.82, 2.24) is 0 Å². The summed E-state index contributed by atoms with van der Waals surface area (Å²) in [4.78, 5) is 36.3. The first-order valence-electron chi connectivity index (χ1n) is 7.91. The number of aliphatic hydroxyl groups excluding tert-OH is 1. The van der Waals surface area contributed by atoms with E-state index in [4.69, 9.17) is 9.47 Å². The molecule has 2 aromatic rings. The fourth-order valence-electron chi connectivity index (χ4n) is 2.46. The van der Waals surface area contributed by atoms with E-state index in [1.54, 1.807) is 60.7 Å². The van der Waals surface area contributed by atoms with Crippen molar-refractivity contribution in [1.29, 1.82) is 0 Å². The van der Waals surface area contributed by atoms with Gasteiger partial charge in [0.05, 0.1) is 16.4 Å². The van der Waals surface area contributed by atoms with E-state index in [1.807, 2.05) is 0 Å². The van der Waals surface area contributed by atoms with Gasteiger partial charge in [-0.05, 0) is 24.3 Å². The number of rotatable bonds is 5. The molecule has 0 saturated carbocycles. The van der Waals surface area contributed by atoms with Crippen LogP contribution in [0.1, 0.15) is 20.7 Å². The summed E-state index contributed by atoms with van der Waals surface area (Å²) in [7, 11) is 0. The SMILES string of the molecule is O=C(OCC1SC(O)C(=O)C1OC(=O)c1ccccc1)c1ccccc1. The quantitative estimate of drug-likeness (QED) is 0.804. The molecule has 0 amide bonds. The van der Waals surface area contributed by atoms with Gasteiger partial charge in [0.15, 0.2) is 11.5 Å². The Bertz CT molecular complexity index is 792. The van der Waals surface area contributed by atoms with Crippen molar-refractivity contribution < 1.29 is 29.0 Å². The van der Waals surface area contributed by atoms with Crippen LogP contribution in [0.2, 0.25) is 0 Å². The lowest BCUT2D eigenvalue weighted by Crippen LogP contribution is -2.35. The molecule has 1 N–H and O–H groups in total. The molecule has 1 aliphatic rings. The minimum Gasteiger partial charge on any atom is -0.461 e. The van der Waals surface area contributed by atoms with Gasteiger partial charge in [0.25, 0.3) is 0 Å². The van der Waals surface area contributed by atoms with E-state index in [9.17, 15) is 19.5 Å². The zero-order valence-electron chi connectivity index (χ0n) is 13.6. The predicted octanol–water partition coefficient (Wildman–Crippen LogP) is 2.07. The molecule has 134 valence electrons. The van der Waals surface area contributed by atoms with Crippen molar-refractivity contribution in [2.24, 2.45) is 0 Å². The van der Waals surface area contributed by atoms with Crippen LogP contribution in [0.25, 0.3) is 0 Å². The topological polar surface area (TPSA) is 89.9 Å². The van der Waals surface area contributed by atoms with Crippen LogP contribution >= 0.6 is 11.8 Å². The molecule has 1 heterocycles. The maximum absolute atomic E-state index is 12.2. The Morgan fingerprint density at radius 3 is 2.04 bits per heavy atom. The molecule has 1 fully saturated rings. The summed E-state index contributed by atoms with van der Waals surface area (Å²) in [5, 5.41) is 9.12. The highest BCUT2D eigenvalue weighted by Crippen LogP contribution is 2.32. The highest BCUT2D eigenvalue weighted by atomic mass is 32.2. The molecular formula is C19H16O6S. The van der Waals surface area contributed by atoms with E-state index in [0.29, 0.717) is 11.1 Å². The molecule has 0 bridgehead atoms. The number of hydrogen-bond donors (Lipinski definition) is 1. The second kappa shape index (κ2) is 8.16. The number of ether oxygens (including phenoxy) is 2. The van der Waals surface area contributed by atoms with Crippen LogP contribution in [0.4, 0.5) is 0 Å². The molecule has 0 aliphatic carbocycles. The zero-order valence-corrected chi connectivity index (χ0v) is 14.4. The first kappa shape index (κ1) is 18.2. The largest absolute Gasteiger partial charge is 0.461 e. The van der Waals surface area contributed by atoms with Crippen LogP contribution in [0.15, 0.2) is 60.7 Å². The summed E-state index contributed by atoms with van der Waals surface area (Å²) in [6.07, 6.45) is -1.17. The molecule has 7 heteroatoms. The normalized spacial score (nSPS) is 22.0. The van der Waals surface area contributed by atoms with E-state index in [0.717, 1.165) is 11.8 Å². The van der Waals surface area contributed by atoms with Crippen LogP contribution in [0, 0.1) is 0 Å². The van der Waals surface area contributed by atoms with E-state index >= 15 is 0 Å². The Hall–Kier alpha value is -2.64. The standard InChI is InChI=1S/C19H16O6S/c20-15-16(25-18(22)13-9-5-2-6-10-13)14(26-19(15)23)11-24-17(21)12-7-3-1-4-8-12/h1-10,14,16,19,23H,11H2. The smallest absolute Gasteiger partial charge is 0.338 e. The second-order valence-electron chi connectivity index (χ2n) is 5.59. The molecule has 0 radical (unpaired) electrons. The maximum Gasteiger partial charge on any atom is 0.338 e. The molecule has 6 nitrogen and oxygen atoms in total. The molecule has 0 spiro atoms. The lowest BCUT2D eigenvalue weighted by molar-refractivity contribution is -0.131. The Kier molecular flexibility index (Phi) is 5.70. The Morgan fingerprint density at radius 1 is 0.923 bits per heavy atom. The number of hydrogen-bond acceptors (Lipinski definition) is 7. The zero-order chi connectivity index (χ0) is 18.5. The van der Waals surface area contributed by atoms with Gasteiger partial charge in [-0.15, -0.1) is 11.8 Å². The first-order valence-corrected chi connectivity index (χ1v) is 8.86. The number of thioether (sulfide) groups is 1. The fourth-order valence-corrected chi connectivity index (χ4v) is 3.54. The predicted molar refractivity (Wildman–Crippen MR) is 94.8 cm³/mol. The molecule has 0 aromatic heterocycles. The highest BCUT2D eigenvalue weighted by molar-refractivity contribution is 8.01. The minimum atomic E-state index is -1.32. The van der Waals surface area contributed by atoms with E-state index < -0.39 is 34.5 Å². The summed E-state index contributed by atoms with van der Waals surface area (Å²) in [5.41, 5.74) is -0.643. The highest BCUT2D eigenvalue weighted by Gasteiger charge is 2.45. The van der Waals surface area contributed by atoms with Gasteiger partial charge in [-0.25, -0.2) is 9.59 Å². The Morgan fingerprint density at radius 2 is 1.46 bits per heavy atom. The van der Waals surface area contributed by atoms with E-state index in [1.165, 1.54) is 0 Å². The van der Waals surface area contributed by atoms with Crippen molar-refractivity contribution in [2.45, 2.75) is 16.8 Å². The summed E-state index contributed by atoms with van der Waals surface area (Å²) in [6, 6.07) is 16.6. The van der Waals surface area contributed by atoms with Crippen molar-refractivity contribution in [3.8, 4) is 0 Å². The molecule has 3 atom stereocenters. The van der Waals surface area contributed by atoms with Crippen LogP contribution in [0.3, 0.4) is 0 Å². The molecule has 2 aromatic carbocycles. The number of benzene rings is 2. The number of carbonyl (C=O) groups excluding carboxylic acids is 3. The minimum absolute atomic E-state index is 0.159. The molecule has 26 heavy (non-hydrogen) atoms. The van der Waals surface area contributed by atoms with Crippen molar-refractivity contribution in [2.75, 3.05) is 6.61 Å². The lowest BCUT2D eigenvalue weighted by Gasteiger charge is -2.17. The summed E-state index contributed by atoms with van der Waals surface area (Å²) < 4.78 is 10.5. The maximum atomic E-state index is 12.2. The van der Waals surface area contributed by atoms with Gasteiger partial charge < -0.3 is 14.6 Å². The Labute approximate surface area is 154 Å². The molecule has 3 rings (SSSR count). The number of esters is 2. The Balaban J connectivity index is 1.64.